The van der Waals surface area contributed by atoms with E-state index in [2.05, 4.69) is 6.92 Å². The third-order valence-electron chi connectivity index (χ3n) is 4.85. The van der Waals surface area contributed by atoms with Crippen molar-refractivity contribution in [3.8, 4) is 0 Å². The number of rotatable bonds is 4. The van der Waals surface area contributed by atoms with Crippen LogP contribution in [0.5, 0.6) is 0 Å². The third-order valence-corrected chi connectivity index (χ3v) is 4.85. The lowest BCUT2D eigenvalue weighted by Gasteiger charge is -2.48. The SMILES string of the molecule is CCC1OC(c2ccccc2)OC2C1OC(c1ccccc1)O[C@@H]2OC. The van der Waals surface area contributed by atoms with Crippen molar-refractivity contribution in [1.82, 2.24) is 0 Å². The summed E-state index contributed by atoms with van der Waals surface area (Å²) in [6.07, 6.45) is -1.40. The summed E-state index contributed by atoms with van der Waals surface area (Å²) in [5.74, 6) is 0. The molecule has 2 aliphatic rings. The smallest absolute Gasteiger partial charge is 0.189 e. The van der Waals surface area contributed by atoms with E-state index in [0.29, 0.717) is 0 Å². The molecule has 0 bridgehead atoms. The van der Waals surface area contributed by atoms with Crippen LogP contribution >= 0.6 is 0 Å². The number of hydrogen-bond donors (Lipinski definition) is 0. The van der Waals surface area contributed by atoms with E-state index < -0.39 is 18.9 Å². The van der Waals surface area contributed by atoms with Gasteiger partial charge in [-0.25, -0.2) is 0 Å². The topological polar surface area (TPSA) is 46.2 Å². The molecule has 5 heteroatoms. The Balaban J connectivity index is 1.59. The maximum atomic E-state index is 6.24. The lowest BCUT2D eigenvalue weighted by Crippen LogP contribution is -2.58. The molecule has 5 nitrogen and oxygen atoms in total. The second-order valence-electron chi connectivity index (χ2n) is 6.51. The van der Waals surface area contributed by atoms with Crippen molar-refractivity contribution in [2.45, 2.75) is 50.5 Å². The molecule has 0 radical (unpaired) electrons. The van der Waals surface area contributed by atoms with Gasteiger partial charge in [0, 0.05) is 18.2 Å². The molecule has 0 spiro atoms. The molecule has 2 fully saturated rings. The van der Waals surface area contributed by atoms with Gasteiger partial charge in [-0.15, -0.1) is 0 Å². The van der Waals surface area contributed by atoms with E-state index >= 15 is 0 Å². The van der Waals surface area contributed by atoms with Gasteiger partial charge in [-0.05, 0) is 6.42 Å². The maximum absolute atomic E-state index is 6.24. The molecule has 0 aromatic heterocycles. The molecule has 2 aromatic carbocycles. The van der Waals surface area contributed by atoms with Crippen molar-refractivity contribution in [2.75, 3.05) is 7.11 Å². The highest BCUT2D eigenvalue weighted by Gasteiger charge is 2.49. The van der Waals surface area contributed by atoms with Crippen molar-refractivity contribution >= 4 is 0 Å². The first kappa shape index (κ1) is 17.6. The van der Waals surface area contributed by atoms with Crippen LogP contribution in [-0.2, 0) is 23.7 Å². The summed E-state index contributed by atoms with van der Waals surface area (Å²) >= 11 is 0. The molecule has 138 valence electrons. The number of methoxy groups -OCH3 is 1. The Morgan fingerprint density at radius 2 is 1.27 bits per heavy atom. The van der Waals surface area contributed by atoms with Gasteiger partial charge in [-0.2, -0.15) is 0 Å². The van der Waals surface area contributed by atoms with Crippen molar-refractivity contribution in [1.29, 1.82) is 0 Å². The van der Waals surface area contributed by atoms with Crippen LogP contribution in [0, 0.1) is 0 Å². The summed E-state index contributed by atoms with van der Waals surface area (Å²) in [6, 6.07) is 19.8. The fourth-order valence-corrected chi connectivity index (χ4v) is 3.51. The Hall–Kier alpha value is -1.76. The fourth-order valence-electron chi connectivity index (χ4n) is 3.51. The molecular formula is C21H24O5. The Morgan fingerprint density at radius 3 is 1.81 bits per heavy atom. The van der Waals surface area contributed by atoms with E-state index in [1.54, 1.807) is 7.11 Å². The standard InChI is InChI=1S/C21H24O5/c1-3-16-17-18(25-19(23-16)14-10-6-4-7-11-14)21(22-2)26-20(24-17)15-12-8-5-9-13-15/h4-13,16-21H,3H2,1-2H3/t16?,17?,18?,19?,20?,21-/m0/s1. The fraction of sp³-hybridized carbons (Fsp3) is 0.429. The lowest BCUT2D eigenvalue weighted by molar-refractivity contribution is -0.414. The Kier molecular flexibility index (Phi) is 5.33. The number of ether oxygens (including phenoxy) is 5. The van der Waals surface area contributed by atoms with E-state index in [9.17, 15) is 0 Å². The molecule has 0 N–H and O–H groups in total. The van der Waals surface area contributed by atoms with Gasteiger partial charge in [0.2, 0.25) is 0 Å². The number of benzene rings is 2. The van der Waals surface area contributed by atoms with Crippen LogP contribution in [0.3, 0.4) is 0 Å². The first-order valence-electron chi connectivity index (χ1n) is 9.04. The van der Waals surface area contributed by atoms with Crippen molar-refractivity contribution < 1.29 is 23.7 Å². The van der Waals surface area contributed by atoms with Gasteiger partial charge in [-0.3, -0.25) is 0 Å². The summed E-state index contributed by atoms with van der Waals surface area (Å²) in [4.78, 5) is 0. The van der Waals surface area contributed by atoms with E-state index in [-0.39, 0.29) is 18.3 Å². The largest absolute Gasteiger partial charge is 0.353 e. The van der Waals surface area contributed by atoms with Crippen LogP contribution in [0.15, 0.2) is 60.7 Å². The molecule has 0 saturated carbocycles. The van der Waals surface area contributed by atoms with Crippen LogP contribution in [-0.4, -0.2) is 31.7 Å². The van der Waals surface area contributed by atoms with Gasteiger partial charge in [0.05, 0.1) is 6.10 Å². The summed E-state index contributed by atoms with van der Waals surface area (Å²) in [7, 11) is 1.63. The van der Waals surface area contributed by atoms with Crippen molar-refractivity contribution in [3.05, 3.63) is 71.8 Å². The monoisotopic (exact) mass is 356 g/mol. The summed E-state index contributed by atoms with van der Waals surface area (Å²) in [5, 5.41) is 0. The zero-order valence-electron chi connectivity index (χ0n) is 15.0. The average molecular weight is 356 g/mol. The summed E-state index contributed by atoms with van der Waals surface area (Å²) in [6.45, 7) is 2.09. The first-order chi connectivity index (χ1) is 12.8. The molecule has 0 amide bonds. The maximum Gasteiger partial charge on any atom is 0.189 e. The van der Waals surface area contributed by atoms with Gasteiger partial charge in [0.25, 0.3) is 0 Å². The summed E-state index contributed by atoms with van der Waals surface area (Å²) < 4.78 is 30.3. The molecule has 2 heterocycles. The van der Waals surface area contributed by atoms with E-state index in [0.717, 1.165) is 17.5 Å². The summed E-state index contributed by atoms with van der Waals surface area (Å²) in [5.41, 5.74) is 1.93. The van der Waals surface area contributed by atoms with Crippen LogP contribution in [0.25, 0.3) is 0 Å². The Bertz CT molecular complexity index is 631. The van der Waals surface area contributed by atoms with Gasteiger partial charge in [0.1, 0.15) is 12.2 Å². The Labute approximate surface area is 153 Å². The Morgan fingerprint density at radius 1 is 0.731 bits per heavy atom. The molecule has 5 unspecified atom stereocenters. The first-order valence-corrected chi connectivity index (χ1v) is 9.04. The molecule has 4 rings (SSSR count). The molecule has 2 aromatic rings. The second-order valence-corrected chi connectivity index (χ2v) is 6.51. The molecule has 2 saturated heterocycles. The molecule has 26 heavy (non-hydrogen) atoms. The van der Waals surface area contributed by atoms with Crippen molar-refractivity contribution in [3.63, 3.8) is 0 Å². The van der Waals surface area contributed by atoms with Crippen molar-refractivity contribution in [2.24, 2.45) is 0 Å². The molecular weight excluding hydrogens is 332 g/mol. The predicted octanol–water partition coefficient (Wildman–Crippen LogP) is 3.97. The van der Waals surface area contributed by atoms with Crippen LogP contribution < -0.4 is 0 Å². The van der Waals surface area contributed by atoms with Gasteiger partial charge in [0.15, 0.2) is 18.9 Å². The molecule has 6 atom stereocenters. The predicted molar refractivity (Wildman–Crippen MR) is 95.2 cm³/mol. The minimum atomic E-state index is -0.525. The molecule has 2 aliphatic heterocycles. The van der Waals surface area contributed by atoms with E-state index in [1.807, 2.05) is 60.7 Å². The minimum absolute atomic E-state index is 0.105. The normalized spacial score (nSPS) is 34.2. The highest BCUT2D eigenvalue weighted by Crippen LogP contribution is 2.41. The lowest BCUT2D eigenvalue weighted by atomic mass is 10.0. The zero-order chi connectivity index (χ0) is 17.9. The average Bonchev–Trinajstić information content (AvgIpc) is 2.73. The van der Waals surface area contributed by atoms with Crippen LogP contribution in [0.1, 0.15) is 37.1 Å². The van der Waals surface area contributed by atoms with E-state index in [1.165, 1.54) is 0 Å². The number of fused-ring (bicyclic) bond motifs is 1. The van der Waals surface area contributed by atoms with Gasteiger partial charge < -0.3 is 23.7 Å². The second kappa shape index (κ2) is 7.86. The highest BCUT2D eigenvalue weighted by molar-refractivity contribution is 5.18. The molecule has 0 aliphatic carbocycles. The van der Waals surface area contributed by atoms with Gasteiger partial charge in [-0.1, -0.05) is 67.6 Å². The quantitative estimate of drug-likeness (QED) is 0.830. The van der Waals surface area contributed by atoms with Crippen LogP contribution in [0.4, 0.5) is 0 Å². The minimum Gasteiger partial charge on any atom is -0.353 e. The zero-order valence-corrected chi connectivity index (χ0v) is 15.0. The third kappa shape index (κ3) is 3.41. The number of hydrogen-bond acceptors (Lipinski definition) is 5. The van der Waals surface area contributed by atoms with E-state index in [4.69, 9.17) is 23.7 Å². The van der Waals surface area contributed by atoms with Crippen LogP contribution in [0.2, 0.25) is 0 Å². The van der Waals surface area contributed by atoms with Gasteiger partial charge >= 0.3 is 0 Å². The highest BCUT2D eigenvalue weighted by atomic mass is 16.8.